The number of ether oxygens (including phenoxy) is 1. The smallest absolute Gasteiger partial charge is 0.136 e. The van der Waals surface area contributed by atoms with Crippen molar-refractivity contribution >= 4 is 23.0 Å². The van der Waals surface area contributed by atoms with Crippen LogP contribution in [-0.2, 0) is 0 Å². The topological polar surface area (TPSA) is 59.1 Å². The van der Waals surface area contributed by atoms with Crippen LogP contribution in [0, 0.1) is 27.7 Å². The molecule has 3 aromatic rings. The molecule has 0 bridgehead atoms. The molecule has 0 aliphatic carbocycles. The highest BCUT2D eigenvalue weighted by Crippen LogP contribution is 2.27. The minimum atomic E-state index is 0.697. The summed E-state index contributed by atoms with van der Waals surface area (Å²) in [4.78, 5) is 9.00. The highest BCUT2D eigenvalue weighted by atomic mass is 16.5. The van der Waals surface area contributed by atoms with Crippen LogP contribution in [0.25, 0.3) is 0 Å². The summed E-state index contributed by atoms with van der Waals surface area (Å²) in [7, 11) is 1.65. The van der Waals surface area contributed by atoms with Gasteiger partial charge in [-0.3, -0.25) is 0 Å². The monoisotopic (exact) mass is 348 g/mol. The molecule has 0 saturated heterocycles. The van der Waals surface area contributed by atoms with Gasteiger partial charge in [0.05, 0.1) is 7.11 Å². The zero-order valence-electron chi connectivity index (χ0n) is 15.8. The third kappa shape index (κ3) is 4.11. The summed E-state index contributed by atoms with van der Waals surface area (Å²) in [6, 6.07) is 14.0. The fourth-order valence-corrected chi connectivity index (χ4v) is 3.05. The van der Waals surface area contributed by atoms with Gasteiger partial charge in [-0.25, -0.2) is 9.97 Å². The fourth-order valence-electron chi connectivity index (χ4n) is 3.05. The van der Waals surface area contributed by atoms with Gasteiger partial charge in [0, 0.05) is 23.5 Å². The Morgan fingerprint density at radius 2 is 1.46 bits per heavy atom. The van der Waals surface area contributed by atoms with Crippen LogP contribution in [0.2, 0.25) is 0 Å². The maximum atomic E-state index is 5.27. The molecule has 0 atom stereocenters. The first-order chi connectivity index (χ1) is 12.4. The van der Waals surface area contributed by atoms with Crippen molar-refractivity contribution < 1.29 is 4.74 Å². The molecular formula is C21H24N4O. The Hall–Kier alpha value is -3.08. The van der Waals surface area contributed by atoms with E-state index in [4.69, 9.17) is 4.74 Å². The number of nitrogens with one attached hydrogen (secondary N) is 2. The Bertz CT molecular complexity index is 914. The highest BCUT2D eigenvalue weighted by molar-refractivity contribution is 5.68. The van der Waals surface area contributed by atoms with Crippen molar-refractivity contribution in [2.75, 3.05) is 17.7 Å². The zero-order valence-corrected chi connectivity index (χ0v) is 15.8. The fraction of sp³-hybridized carbons (Fsp3) is 0.238. The van der Waals surface area contributed by atoms with Crippen molar-refractivity contribution in [3.8, 4) is 5.75 Å². The number of rotatable bonds is 5. The van der Waals surface area contributed by atoms with Gasteiger partial charge in [-0.1, -0.05) is 23.8 Å². The second-order valence-corrected chi connectivity index (χ2v) is 6.44. The lowest BCUT2D eigenvalue weighted by molar-refractivity contribution is 0.415. The normalized spacial score (nSPS) is 10.5. The van der Waals surface area contributed by atoms with Gasteiger partial charge < -0.3 is 15.4 Å². The number of methoxy groups -OCH3 is 1. The largest absolute Gasteiger partial charge is 0.497 e. The van der Waals surface area contributed by atoms with E-state index < -0.39 is 0 Å². The summed E-state index contributed by atoms with van der Waals surface area (Å²) in [6.45, 7) is 8.20. The quantitative estimate of drug-likeness (QED) is 0.663. The molecule has 0 amide bonds. The second kappa shape index (κ2) is 7.44. The summed E-state index contributed by atoms with van der Waals surface area (Å²) in [6.07, 6.45) is 0. The molecule has 5 heteroatoms. The van der Waals surface area contributed by atoms with E-state index in [1.807, 2.05) is 37.3 Å². The number of aromatic nitrogens is 2. The van der Waals surface area contributed by atoms with Crippen LogP contribution in [0.5, 0.6) is 5.75 Å². The summed E-state index contributed by atoms with van der Waals surface area (Å²) in [5.41, 5.74) is 5.64. The Labute approximate surface area is 154 Å². The number of hydrogen-bond donors (Lipinski definition) is 2. The number of anilines is 4. The average Bonchev–Trinajstić information content (AvgIpc) is 2.58. The van der Waals surface area contributed by atoms with E-state index in [0.717, 1.165) is 28.8 Å². The van der Waals surface area contributed by atoms with Gasteiger partial charge in [0.2, 0.25) is 0 Å². The van der Waals surface area contributed by atoms with E-state index in [-0.39, 0.29) is 0 Å². The van der Waals surface area contributed by atoms with Gasteiger partial charge in [0.15, 0.2) is 0 Å². The number of aryl methyl sites for hydroxylation is 4. The van der Waals surface area contributed by atoms with E-state index in [2.05, 4.69) is 53.5 Å². The van der Waals surface area contributed by atoms with E-state index in [1.165, 1.54) is 16.7 Å². The van der Waals surface area contributed by atoms with E-state index >= 15 is 0 Å². The molecule has 3 rings (SSSR count). The first kappa shape index (κ1) is 17.7. The number of nitrogens with zero attached hydrogens (tertiary/aromatic N) is 2. The Balaban J connectivity index is 1.88. The van der Waals surface area contributed by atoms with Crippen LogP contribution in [0.1, 0.15) is 22.5 Å². The van der Waals surface area contributed by atoms with Crippen molar-refractivity contribution in [1.29, 1.82) is 0 Å². The zero-order chi connectivity index (χ0) is 18.7. The van der Waals surface area contributed by atoms with Gasteiger partial charge in [-0.15, -0.1) is 0 Å². The highest BCUT2D eigenvalue weighted by Gasteiger charge is 2.08. The molecule has 134 valence electrons. The minimum Gasteiger partial charge on any atom is -0.497 e. The van der Waals surface area contributed by atoms with Crippen molar-refractivity contribution in [3.63, 3.8) is 0 Å². The summed E-state index contributed by atoms with van der Waals surface area (Å²) in [5, 5.41) is 6.75. The standard InChI is InChI=1S/C21H24N4O/c1-13-9-14(2)21(15(3)10-13)25-20-12-19(22-16(4)23-20)24-17-7-6-8-18(11-17)26-5/h6-12H,1-5H3,(H2,22,23,24,25). The average molecular weight is 348 g/mol. The molecule has 1 aromatic heterocycles. The van der Waals surface area contributed by atoms with Gasteiger partial charge in [-0.2, -0.15) is 0 Å². The number of benzene rings is 2. The first-order valence-corrected chi connectivity index (χ1v) is 8.56. The van der Waals surface area contributed by atoms with Crippen LogP contribution in [0.4, 0.5) is 23.0 Å². The molecule has 0 spiro atoms. The second-order valence-electron chi connectivity index (χ2n) is 6.44. The molecule has 0 aliphatic rings. The molecule has 0 radical (unpaired) electrons. The van der Waals surface area contributed by atoms with Crippen molar-refractivity contribution in [3.05, 3.63) is 65.0 Å². The summed E-state index contributed by atoms with van der Waals surface area (Å²) < 4.78 is 5.27. The van der Waals surface area contributed by atoms with Crippen LogP contribution < -0.4 is 15.4 Å². The maximum Gasteiger partial charge on any atom is 0.136 e. The van der Waals surface area contributed by atoms with E-state index in [9.17, 15) is 0 Å². The lowest BCUT2D eigenvalue weighted by atomic mass is 10.1. The lowest BCUT2D eigenvalue weighted by Crippen LogP contribution is -2.03. The number of hydrogen-bond acceptors (Lipinski definition) is 5. The molecule has 2 aromatic carbocycles. The van der Waals surface area contributed by atoms with Crippen molar-refractivity contribution in [1.82, 2.24) is 9.97 Å². The third-order valence-corrected chi connectivity index (χ3v) is 4.11. The van der Waals surface area contributed by atoms with Gasteiger partial charge in [-0.05, 0) is 51.0 Å². The van der Waals surface area contributed by atoms with E-state index in [0.29, 0.717) is 5.82 Å². The predicted molar refractivity (Wildman–Crippen MR) is 107 cm³/mol. The molecule has 0 unspecified atom stereocenters. The van der Waals surface area contributed by atoms with Crippen molar-refractivity contribution in [2.24, 2.45) is 0 Å². The van der Waals surface area contributed by atoms with Crippen LogP contribution in [-0.4, -0.2) is 17.1 Å². The first-order valence-electron chi connectivity index (χ1n) is 8.56. The third-order valence-electron chi connectivity index (χ3n) is 4.11. The van der Waals surface area contributed by atoms with Crippen LogP contribution in [0.15, 0.2) is 42.5 Å². The Morgan fingerprint density at radius 1 is 0.808 bits per heavy atom. The molecule has 0 saturated carbocycles. The summed E-state index contributed by atoms with van der Waals surface area (Å²) in [5.74, 6) is 2.99. The molecule has 0 aliphatic heterocycles. The summed E-state index contributed by atoms with van der Waals surface area (Å²) >= 11 is 0. The minimum absolute atomic E-state index is 0.697. The maximum absolute atomic E-state index is 5.27. The Morgan fingerprint density at radius 3 is 2.12 bits per heavy atom. The van der Waals surface area contributed by atoms with Gasteiger partial charge in [0.1, 0.15) is 23.2 Å². The van der Waals surface area contributed by atoms with Crippen LogP contribution in [0.3, 0.4) is 0 Å². The lowest BCUT2D eigenvalue weighted by Gasteiger charge is -2.15. The molecule has 5 nitrogen and oxygen atoms in total. The Kier molecular flexibility index (Phi) is 5.07. The van der Waals surface area contributed by atoms with Gasteiger partial charge in [0.25, 0.3) is 0 Å². The van der Waals surface area contributed by atoms with Crippen LogP contribution >= 0.6 is 0 Å². The SMILES string of the molecule is COc1cccc(Nc2cc(Nc3c(C)cc(C)cc3C)nc(C)n2)c1. The molecule has 1 heterocycles. The van der Waals surface area contributed by atoms with E-state index in [1.54, 1.807) is 7.11 Å². The predicted octanol–water partition coefficient (Wildman–Crippen LogP) is 5.21. The van der Waals surface area contributed by atoms with Crippen molar-refractivity contribution in [2.45, 2.75) is 27.7 Å². The van der Waals surface area contributed by atoms with Gasteiger partial charge >= 0.3 is 0 Å². The molecule has 2 N–H and O–H groups in total. The molecule has 26 heavy (non-hydrogen) atoms. The molecular weight excluding hydrogens is 324 g/mol. The molecule has 0 fully saturated rings.